The van der Waals surface area contributed by atoms with Crippen LogP contribution < -0.4 is 0 Å². The Kier molecular flexibility index (Phi) is 5.85. The van der Waals surface area contributed by atoms with E-state index < -0.39 is 6.10 Å². The van der Waals surface area contributed by atoms with Crippen molar-refractivity contribution in [3.63, 3.8) is 0 Å². The molecule has 0 aromatic heterocycles. The highest BCUT2D eigenvalue weighted by atomic mass is 35.5. The molecule has 5 heteroatoms. The lowest BCUT2D eigenvalue weighted by Crippen LogP contribution is -2.47. The molecule has 3 nitrogen and oxygen atoms in total. The number of rotatable bonds is 5. The summed E-state index contributed by atoms with van der Waals surface area (Å²) in [4.78, 5) is 4.57. The van der Waals surface area contributed by atoms with E-state index in [1.54, 1.807) is 18.2 Å². The normalized spacial score (nSPS) is 17.8. The summed E-state index contributed by atoms with van der Waals surface area (Å²) in [6.45, 7) is 4.99. The molecule has 0 spiro atoms. The third-order valence-electron chi connectivity index (χ3n) is 4.48. The lowest BCUT2D eigenvalue weighted by Gasteiger charge is -2.35. The molecular weight excluding hydrogens is 327 g/mol. The molecule has 1 aliphatic heterocycles. The summed E-state index contributed by atoms with van der Waals surface area (Å²) in [5.74, 6) is -0.341. The van der Waals surface area contributed by atoms with E-state index in [4.69, 9.17) is 11.6 Å². The van der Waals surface area contributed by atoms with Crippen LogP contribution in [0.2, 0.25) is 5.02 Å². The van der Waals surface area contributed by atoms with Crippen LogP contribution in [0.15, 0.2) is 48.5 Å². The first-order valence-electron chi connectivity index (χ1n) is 8.23. The van der Waals surface area contributed by atoms with Crippen LogP contribution in [0.3, 0.4) is 0 Å². The Balaban J connectivity index is 1.48. The van der Waals surface area contributed by atoms with Crippen LogP contribution >= 0.6 is 11.6 Å². The first kappa shape index (κ1) is 17.4. The molecule has 1 saturated heterocycles. The van der Waals surface area contributed by atoms with Crippen molar-refractivity contribution in [2.24, 2.45) is 0 Å². The van der Waals surface area contributed by atoms with Crippen LogP contribution in [0, 0.1) is 5.82 Å². The molecule has 128 valence electrons. The predicted molar refractivity (Wildman–Crippen MR) is 94.5 cm³/mol. The largest absolute Gasteiger partial charge is 0.387 e. The number of benzene rings is 2. The fourth-order valence-electron chi connectivity index (χ4n) is 3.07. The molecular formula is C19H22ClFN2O. The zero-order valence-corrected chi connectivity index (χ0v) is 14.3. The van der Waals surface area contributed by atoms with Gasteiger partial charge >= 0.3 is 0 Å². The fraction of sp³-hybridized carbons (Fsp3) is 0.368. The number of piperazine rings is 1. The van der Waals surface area contributed by atoms with Gasteiger partial charge < -0.3 is 5.11 Å². The molecule has 0 radical (unpaired) electrons. The van der Waals surface area contributed by atoms with Gasteiger partial charge in [0.25, 0.3) is 0 Å². The minimum Gasteiger partial charge on any atom is -0.387 e. The average Bonchev–Trinajstić information content (AvgIpc) is 2.59. The summed E-state index contributed by atoms with van der Waals surface area (Å²) in [6.07, 6.45) is -0.783. The van der Waals surface area contributed by atoms with Gasteiger partial charge in [-0.3, -0.25) is 9.80 Å². The Morgan fingerprint density at radius 2 is 1.58 bits per heavy atom. The lowest BCUT2D eigenvalue weighted by molar-refractivity contribution is 0.0685. The summed E-state index contributed by atoms with van der Waals surface area (Å²) in [5, 5.41) is 11.0. The van der Waals surface area contributed by atoms with Gasteiger partial charge in [-0.15, -0.1) is 0 Å². The van der Waals surface area contributed by atoms with Gasteiger partial charge in [-0.05, 0) is 23.8 Å². The van der Waals surface area contributed by atoms with E-state index in [2.05, 4.69) is 21.9 Å². The van der Waals surface area contributed by atoms with Gasteiger partial charge in [-0.25, -0.2) is 4.39 Å². The lowest BCUT2D eigenvalue weighted by atomic mass is 10.1. The summed E-state index contributed by atoms with van der Waals surface area (Å²) < 4.78 is 13.7. The summed E-state index contributed by atoms with van der Waals surface area (Å²) >= 11 is 5.91. The van der Waals surface area contributed by atoms with Crippen molar-refractivity contribution >= 4 is 11.6 Å². The second-order valence-electron chi connectivity index (χ2n) is 6.24. The molecule has 1 atom stereocenters. The van der Waals surface area contributed by atoms with Gasteiger partial charge in [-0.2, -0.15) is 0 Å². The standard InChI is InChI=1S/C19H22ClFN2O/c20-16-7-5-15(6-8-16)13-22-9-11-23(12-10-22)14-19(24)17-3-1-2-4-18(17)21/h1-8,19,24H,9-14H2/t19-/m1/s1. The van der Waals surface area contributed by atoms with E-state index in [1.807, 2.05) is 12.1 Å². The number of β-amino-alcohol motifs (C(OH)–C–C–N with tert-alkyl or cyclic N) is 1. The quantitative estimate of drug-likeness (QED) is 0.897. The van der Waals surface area contributed by atoms with Crippen molar-refractivity contribution in [2.45, 2.75) is 12.6 Å². The minimum atomic E-state index is -0.783. The molecule has 1 fully saturated rings. The number of halogens is 2. The van der Waals surface area contributed by atoms with Crippen LogP contribution in [0.4, 0.5) is 4.39 Å². The zero-order valence-electron chi connectivity index (χ0n) is 13.5. The van der Waals surface area contributed by atoms with E-state index in [9.17, 15) is 9.50 Å². The van der Waals surface area contributed by atoms with Crippen LogP contribution in [-0.2, 0) is 6.54 Å². The first-order valence-corrected chi connectivity index (χ1v) is 8.61. The maximum absolute atomic E-state index is 13.7. The van der Waals surface area contributed by atoms with Crippen molar-refractivity contribution < 1.29 is 9.50 Å². The van der Waals surface area contributed by atoms with Crippen LogP contribution in [0.1, 0.15) is 17.2 Å². The molecule has 2 aromatic carbocycles. The molecule has 0 unspecified atom stereocenters. The van der Waals surface area contributed by atoms with E-state index >= 15 is 0 Å². The van der Waals surface area contributed by atoms with Crippen molar-refractivity contribution in [3.05, 3.63) is 70.5 Å². The highest BCUT2D eigenvalue weighted by molar-refractivity contribution is 6.30. The van der Waals surface area contributed by atoms with Crippen molar-refractivity contribution in [1.82, 2.24) is 9.80 Å². The van der Waals surface area contributed by atoms with Gasteiger partial charge in [0.2, 0.25) is 0 Å². The van der Waals surface area contributed by atoms with Gasteiger partial charge in [0.1, 0.15) is 5.82 Å². The van der Waals surface area contributed by atoms with Gasteiger partial charge in [0, 0.05) is 49.9 Å². The highest BCUT2D eigenvalue weighted by Gasteiger charge is 2.21. The Morgan fingerprint density at radius 3 is 2.25 bits per heavy atom. The third-order valence-corrected chi connectivity index (χ3v) is 4.73. The second-order valence-corrected chi connectivity index (χ2v) is 6.68. The number of aliphatic hydroxyl groups excluding tert-OH is 1. The van der Waals surface area contributed by atoms with Gasteiger partial charge in [-0.1, -0.05) is 41.9 Å². The SMILES string of the molecule is O[C@H](CN1CCN(Cc2ccc(Cl)cc2)CC1)c1ccccc1F. The maximum Gasteiger partial charge on any atom is 0.129 e. The van der Waals surface area contributed by atoms with Gasteiger partial charge in [0.15, 0.2) is 0 Å². The summed E-state index contributed by atoms with van der Waals surface area (Å²) in [5.41, 5.74) is 1.63. The highest BCUT2D eigenvalue weighted by Crippen LogP contribution is 2.19. The molecule has 2 aromatic rings. The molecule has 1 aliphatic rings. The Bertz CT molecular complexity index is 657. The number of hydrogen-bond donors (Lipinski definition) is 1. The van der Waals surface area contributed by atoms with E-state index in [0.29, 0.717) is 12.1 Å². The van der Waals surface area contributed by atoms with Crippen LogP contribution in [-0.4, -0.2) is 47.6 Å². The Hall–Kier alpha value is -1.46. The Labute approximate surface area is 147 Å². The predicted octanol–water partition coefficient (Wildman–Crippen LogP) is 3.33. The molecule has 3 rings (SSSR count). The number of nitrogens with zero attached hydrogens (tertiary/aromatic N) is 2. The maximum atomic E-state index is 13.7. The van der Waals surface area contributed by atoms with Crippen molar-refractivity contribution in [3.8, 4) is 0 Å². The molecule has 1 N–H and O–H groups in total. The molecule has 0 amide bonds. The number of aliphatic hydroxyl groups is 1. The van der Waals surface area contributed by atoms with E-state index in [1.165, 1.54) is 11.6 Å². The topological polar surface area (TPSA) is 26.7 Å². The minimum absolute atomic E-state index is 0.341. The van der Waals surface area contributed by atoms with E-state index in [-0.39, 0.29) is 5.82 Å². The zero-order chi connectivity index (χ0) is 16.9. The summed E-state index contributed by atoms with van der Waals surface area (Å²) in [7, 11) is 0. The van der Waals surface area contributed by atoms with E-state index in [0.717, 1.165) is 37.7 Å². The molecule has 0 saturated carbocycles. The monoisotopic (exact) mass is 348 g/mol. The smallest absolute Gasteiger partial charge is 0.129 e. The van der Waals surface area contributed by atoms with Crippen molar-refractivity contribution in [1.29, 1.82) is 0 Å². The third kappa shape index (κ3) is 4.54. The fourth-order valence-corrected chi connectivity index (χ4v) is 3.19. The average molecular weight is 349 g/mol. The second kappa shape index (κ2) is 8.08. The molecule has 24 heavy (non-hydrogen) atoms. The van der Waals surface area contributed by atoms with Gasteiger partial charge in [0.05, 0.1) is 6.10 Å². The number of hydrogen-bond acceptors (Lipinski definition) is 3. The molecule has 0 bridgehead atoms. The van der Waals surface area contributed by atoms with Crippen LogP contribution in [0.25, 0.3) is 0 Å². The van der Waals surface area contributed by atoms with Crippen LogP contribution in [0.5, 0.6) is 0 Å². The van der Waals surface area contributed by atoms with Crippen molar-refractivity contribution in [2.75, 3.05) is 32.7 Å². The first-order chi connectivity index (χ1) is 11.6. The molecule has 1 heterocycles. The molecule has 0 aliphatic carbocycles. The summed E-state index contributed by atoms with van der Waals surface area (Å²) in [6, 6.07) is 14.4. The Morgan fingerprint density at radius 1 is 0.958 bits per heavy atom.